The SMILES string of the molecule is COC(=O)C(NC(=O)c1ccc(C#CC#CCC(O)CO)cc1)C(C)(C)N.Cl. The number of benzene rings is 1. The fraction of sp³-hybridized carbons (Fsp3) is 0.400. The van der Waals surface area contributed by atoms with Crippen LogP contribution in [0.2, 0.25) is 0 Å². The third-order valence-corrected chi connectivity index (χ3v) is 3.51. The fourth-order valence-corrected chi connectivity index (χ4v) is 1.97. The number of aliphatic hydroxyl groups excluding tert-OH is 2. The summed E-state index contributed by atoms with van der Waals surface area (Å²) >= 11 is 0. The summed E-state index contributed by atoms with van der Waals surface area (Å²) < 4.78 is 4.69. The molecular weight excluding hydrogens is 384 g/mol. The molecule has 1 amide bonds. The number of nitrogens with one attached hydrogen (secondary N) is 1. The summed E-state index contributed by atoms with van der Waals surface area (Å²) in [7, 11) is 1.23. The summed E-state index contributed by atoms with van der Waals surface area (Å²) in [6, 6.07) is 5.44. The van der Waals surface area contributed by atoms with Gasteiger partial charge >= 0.3 is 5.97 Å². The van der Waals surface area contributed by atoms with Crippen molar-refractivity contribution in [2.75, 3.05) is 13.7 Å². The Morgan fingerprint density at radius 3 is 2.36 bits per heavy atom. The molecule has 0 spiro atoms. The van der Waals surface area contributed by atoms with Crippen LogP contribution in [0.15, 0.2) is 24.3 Å². The number of amides is 1. The van der Waals surface area contributed by atoms with E-state index in [2.05, 4.69) is 33.7 Å². The molecule has 28 heavy (non-hydrogen) atoms. The van der Waals surface area contributed by atoms with Crippen LogP contribution in [0.1, 0.15) is 36.2 Å². The molecule has 5 N–H and O–H groups in total. The molecule has 7 nitrogen and oxygen atoms in total. The summed E-state index contributed by atoms with van der Waals surface area (Å²) in [5.41, 5.74) is 5.94. The average molecular weight is 409 g/mol. The minimum Gasteiger partial charge on any atom is -0.467 e. The van der Waals surface area contributed by atoms with Gasteiger partial charge in [0.05, 0.1) is 19.8 Å². The summed E-state index contributed by atoms with van der Waals surface area (Å²) in [5, 5.41) is 20.4. The van der Waals surface area contributed by atoms with Crippen molar-refractivity contribution in [1.29, 1.82) is 0 Å². The monoisotopic (exact) mass is 408 g/mol. The molecule has 0 radical (unpaired) electrons. The van der Waals surface area contributed by atoms with Gasteiger partial charge in [-0.25, -0.2) is 4.79 Å². The highest BCUT2D eigenvalue weighted by molar-refractivity contribution is 5.97. The molecule has 0 aliphatic carbocycles. The van der Waals surface area contributed by atoms with Crippen molar-refractivity contribution in [1.82, 2.24) is 5.32 Å². The lowest BCUT2D eigenvalue weighted by Crippen LogP contribution is -2.59. The molecule has 0 saturated carbocycles. The second-order valence-electron chi connectivity index (χ2n) is 6.42. The van der Waals surface area contributed by atoms with Crippen LogP contribution in [0.4, 0.5) is 0 Å². The van der Waals surface area contributed by atoms with Crippen LogP contribution in [-0.2, 0) is 9.53 Å². The van der Waals surface area contributed by atoms with Gasteiger partial charge in [0.1, 0.15) is 6.04 Å². The lowest BCUT2D eigenvalue weighted by Gasteiger charge is -2.28. The Balaban J connectivity index is 0.00000729. The van der Waals surface area contributed by atoms with E-state index in [1.54, 1.807) is 38.1 Å². The van der Waals surface area contributed by atoms with Crippen molar-refractivity contribution < 1.29 is 24.5 Å². The van der Waals surface area contributed by atoms with Crippen molar-refractivity contribution in [2.45, 2.75) is 38.0 Å². The fourth-order valence-electron chi connectivity index (χ4n) is 1.97. The second kappa shape index (κ2) is 12.0. The number of halogens is 1. The minimum atomic E-state index is -0.990. The molecule has 2 unspecified atom stereocenters. The van der Waals surface area contributed by atoms with Crippen LogP contribution >= 0.6 is 12.4 Å². The Kier molecular flexibility index (Phi) is 10.9. The largest absolute Gasteiger partial charge is 0.467 e. The van der Waals surface area contributed by atoms with Crippen LogP contribution in [-0.4, -0.2) is 53.5 Å². The van der Waals surface area contributed by atoms with Crippen molar-refractivity contribution in [2.24, 2.45) is 5.73 Å². The first kappa shape index (κ1) is 25.4. The second-order valence-corrected chi connectivity index (χ2v) is 6.42. The number of methoxy groups -OCH3 is 1. The van der Waals surface area contributed by atoms with E-state index < -0.39 is 29.6 Å². The molecule has 1 rings (SSSR count). The van der Waals surface area contributed by atoms with Crippen molar-refractivity contribution in [3.05, 3.63) is 35.4 Å². The number of nitrogens with two attached hydrogens (primary N) is 1. The summed E-state index contributed by atoms with van der Waals surface area (Å²) in [5.74, 6) is 9.55. The van der Waals surface area contributed by atoms with Crippen molar-refractivity contribution in [3.8, 4) is 23.7 Å². The van der Waals surface area contributed by atoms with Gasteiger partial charge in [0.15, 0.2) is 0 Å². The molecule has 0 heterocycles. The number of carbonyl (C=O) groups excluding carboxylic acids is 2. The number of aliphatic hydroxyl groups is 2. The smallest absolute Gasteiger partial charge is 0.330 e. The number of ether oxygens (including phenoxy) is 1. The maximum Gasteiger partial charge on any atom is 0.330 e. The van der Waals surface area contributed by atoms with E-state index in [-0.39, 0.29) is 25.4 Å². The van der Waals surface area contributed by atoms with Gasteiger partial charge in [0, 0.05) is 23.1 Å². The molecule has 1 aromatic rings. The van der Waals surface area contributed by atoms with Crippen molar-refractivity contribution >= 4 is 24.3 Å². The zero-order chi connectivity index (χ0) is 20.4. The summed E-state index contributed by atoms with van der Waals surface area (Å²) in [4.78, 5) is 24.2. The molecule has 0 fully saturated rings. The van der Waals surface area contributed by atoms with E-state index in [1.807, 2.05) is 0 Å². The molecule has 2 atom stereocenters. The Labute approximate surface area is 171 Å². The zero-order valence-corrected chi connectivity index (χ0v) is 16.8. The highest BCUT2D eigenvalue weighted by atomic mass is 35.5. The predicted octanol–water partition coefficient (Wildman–Crippen LogP) is 0.215. The van der Waals surface area contributed by atoms with E-state index in [0.717, 1.165) is 0 Å². The molecule has 0 saturated heterocycles. The van der Waals surface area contributed by atoms with Gasteiger partial charge in [-0.3, -0.25) is 4.79 Å². The normalized spacial score (nSPS) is 12.1. The highest BCUT2D eigenvalue weighted by Crippen LogP contribution is 2.10. The van der Waals surface area contributed by atoms with Gasteiger partial charge < -0.3 is 26.0 Å². The van der Waals surface area contributed by atoms with E-state index >= 15 is 0 Å². The Bertz CT molecular complexity index is 779. The average Bonchev–Trinajstić information content (AvgIpc) is 2.64. The first-order valence-electron chi connectivity index (χ1n) is 8.24. The van der Waals surface area contributed by atoms with Gasteiger partial charge in [-0.1, -0.05) is 11.8 Å². The molecule has 0 aliphatic heterocycles. The molecule has 0 aromatic heterocycles. The topological polar surface area (TPSA) is 122 Å². The maximum absolute atomic E-state index is 12.3. The van der Waals surface area contributed by atoms with Crippen molar-refractivity contribution in [3.63, 3.8) is 0 Å². The van der Waals surface area contributed by atoms with Gasteiger partial charge in [0.25, 0.3) is 5.91 Å². The molecular formula is C20H25ClN2O5. The summed E-state index contributed by atoms with van der Waals surface area (Å²) in [6.45, 7) is 2.89. The molecule has 0 bridgehead atoms. The Hall–Kier alpha value is -2.55. The summed E-state index contributed by atoms with van der Waals surface area (Å²) in [6.07, 6.45) is -0.729. The van der Waals surface area contributed by atoms with Gasteiger partial charge in [0.2, 0.25) is 0 Å². The van der Waals surface area contributed by atoms with E-state index in [4.69, 9.17) is 15.9 Å². The first-order chi connectivity index (χ1) is 12.7. The lowest BCUT2D eigenvalue weighted by molar-refractivity contribution is -0.144. The van der Waals surface area contributed by atoms with Gasteiger partial charge in [-0.2, -0.15) is 0 Å². The number of rotatable bonds is 6. The zero-order valence-electron chi connectivity index (χ0n) is 16.0. The molecule has 152 valence electrons. The predicted molar refractivity (Wildman–Crippen MR) is 108 cm³/mol. The highest BCUT2D eigenvalue weighted by Gasteiger charge is 2.34. The van der Waals surface area contributed by atoms with E-state index in [0.29, 0.717) is 11.1 Å². The molecule has 0 aliphatic rings. The lowest BCUT2D eigenvalue weighted by atomic mass is 9.95. The first-order valence-corrected chi connectivity index (χ1v) is 8.24. The quantitative estimate of drug-likeness (QED) is 0.394. The number of esters is 1. The van der Waals surface area contributed by atoms with Gasteiger partial charge in [-0.05, 0) is 50.0 Å². The van der Waals surface area contributed by atoms with Crippen LogP contribution in [0.25, 0.3) is 0 Å². The third-order valence-electron chi connectivity index (χ3n) is 3.51. The van der Waals surface area contributed by atoms with Gasteiger partial charge in [-0.15, -0.1) is 12.4 Å². The third kappa shape index (κ3) is 8.43. The standard InChI is InChI=1S/C20H24N2O5.ClH/c1-20(2,21)17(19(26)27-3)22-18(25)15-11-9-14(10-12-15)7-5-4-6-8-16(24)13-23;/h9-12,16-17,23-24H,8,13,21H2,1-3H3,(H,22,25);1H. The maximum atomic E-state index is 12.3. The number of carbonyl (C=O) groups is 2. The Morgan fingerprint density at radius 1 is 1.25 bits per heavy atom. The minimum absolute atomic E-state index is 0. The number of hydrogen-bond acceptors (Lipinski definition) is 6. The van der Waals surface area contributed by atoms with E-state index in [9.17, 15) is 9.59 Å². The van der Waals surface area contributed by atoms with Crippen LogP contribution in [0, 0.1) is 23.7 Å². The van der Waals surface area contributed by atoms with Crippen LogP contribution < -0.4 is 11.1 Å². The molecule has 8 heteroatoms. The van der Waals surface area contributed by atoms with E-state index in [1.165, 1.54) is 7.11 Å². The molecule has 1 aromatic carbocycles. The number of hydrogen-bond donors (Lipinski definition) is 4. The Morgan fingerprint density at radius 2 is 1.86 bits per heavy atom. The van der Waals surface area contributed by atoms with Crippen LogP contribution in [0.5, 0.6) is 0 Å². The van der Waals surface area contributed by atoms with Crippen LogP contribution in [0.3, 0.4) is 0 Å².